The van der Waals surface area contributed by atoms with Crippen LogP contribution in [0, 0.1) is 6.92 Å². The van der Waals surface area contributed by atoms with Crippen molar-refractivity contribution in [1.29, 1.82) is 0 Å². The van der Waals surface area contributed by atoms with E-state index in [1.165, 1.54) is 27.8 Å². The molecule has 1 unspecified atom stereocenters. The molecule has 104 valence electrons. The number of hydrogen-bond donors (Lipinski definition) is 1. The molecule has 0 saturated carbocycles. The first-order valence-corrected chi connectivity index (χ1v) is 7.19. The summed E-state index contributed by atoms with van der Waals surface area (Å²) in [5, 5.41) is 4.16. The van der Waals surface area contributed by atoms with Gasteiger partial charge in [0, 0.05) is 5.02 Å². The molecule has 3 heteroatoms. The van der Waals surface area contributed by atoms with Gasteiger partial charge in [0.1, 0.15) is 0 Å². The number of fused-ring (bicyclic) bond motifs is 1. The average molecular weight is 288 g/mol. The van der Waals surface area contributed by atoms with E-state index in [0.717, 1.165) is 11.6 Å². The van der Waals surface area contributed by atoms with Crippen LogP contribution in [0.1, 0.15) is 33.9 Å². The Labute approximate surface area is 124 Å². The molecule has 0 spiro atoms. The molecule has 1 atom stereocenters. The molecule has 2 nitrogen and oxygen atoms in total. The Bertz CT molecular complexity index is 619. The highest BCUT2D eigenvalue weighted by Crippen LogP contribution is 2.29. The molecule has 0 aliphatic carbocycles. The molecule has 2 aromatic rings. The number of nitrogens with one attached hydrogen (secondary N) is 1. The Kier molecular flexibility index (Phi) is 3.79. The molecule has 20 heavy (non-hydrogen) atoms. The summed E-state index contributed by atoms with van der Waals surface area (Å²) in [6, 6.07) is 12.9. The highest BCUT2D eigenvalue weighted by atomic mass is 35.5. The monoisotopic (exact) mass is 287 g/mol. The molecule has 0 fully saturated rings. The van der Waals surface area contributed by atoms with E-state index < -0.39 is 0 Å². The SMILES string of the molecule is CNC(c1cc(C)cc(Cl)c1)c1ccc2c(c1)COC2. The van der Waals surface area contributed by atoms with Gasteiger partial charge in [0.2, 0.25) is 0 Å². The van der Waals surface area contributed by atoms with Crippen LogP contribution in [0.25, 0.3) is 0 Å². The van der Waals surface area contributed by atoms with Crippen LogP contribution in [0.4, 0.5) is 0 Å². The van der Waals surface area contributed by atoms with E-state index in [1.54, 1.807) is 0 Å². The Balaban J connectivity index is 2.01. The van der Waals surface area contributed by atoms with Crippen LogP contribution in [0.3, 0.4) is 0 Å². The fourth-order valence-electron chi connectivity index (χ4n) is 2.83. The molecule has 0 bridgehead atoms. The number of halogens is 1. The summed E-state index contributed by atoms with van der Waals surface area (Å²) in [5.41, 5.74) is 6.21. The number of ether oxygens (including phenoxy) is 1. The first kappa shape index (κ1) is 13.6. The third-order valence-corrected chi connectivity index (χ3v) is 3.98. The number of benzene rings is 2. The third kappa shape index (κ3) is 2.59. The first-order chi connectivity index (χ1) is 9.67. The van der Waals surface area contributed by atoms with Crippen molar-refractivity contribution < 1.29 is 4.74 Å². The Hall–Kier alpha value is -1.35. The van der Waals surface area contributed by atoms with Gasteiger partial charge in [0.05, 0.1) is 19.3 Å². The van der Waals surface area contributed by atoms with Gasteiger partial charge in [-0.3, -0.25) is 0 Å². The van der Waals surface area contributed by atoms with Gasteiger partial charge < -0.3 is 10.1 Å². The lowest BCUT2D eigenvalue weighted by atomic mass is 9.95. The Morgan fingerprint density at radius 3 is 2.60 bits per heavy atom. The van der Waals surface area contributed by atoms with Crippen LogP contribution in [0.5, 0.6) is 0 Å². The van der Waals surface area contributed by atoms with Crippen LogP contribution < -0.4 is 5.32 Å². The van der Waals surface area contributed by atoms with Crippen molar-refractivity contribution in [2.24, 2.45) is 0 Å². The van der Waals surface area contributed by atoms with E-state index in [-0.39, 0.29) is 6.04 Å². The summed E-state index contributed by atoms with van der Waals surface area (Å²) in [6.07, 6.45) is 0. The molecule has 3 rings (SSSR count). The van der Waals surface area contributed by atoms with Crippen LogP contribution in [-0.2, 0) is 18.0 Å². The molecular formula is C17H18ClNO. The molecule has 0 aromatic heterocycles. The standard InChI is InChI=1S/C17H18ClNO/c1-11-5-14(8-16(18)6-11)17(19-2)12-3-4-13-9-20-10-15(13)7-12/h3-8,17,19H,9-10H2,1-2H3. The minimum atomic E-state index is 0.151. The maximum atomic E-state index is 6.18. The summed E-state index contributed by atoms with van der Waals surface area (Å²) >= 11 is 6.18. The van der Waals surface area contributed by atoms with Gasteiger partial charge >= 0.3 is 0 Å². The van der Waals surface area contributed by atoms with Gasteiger partial charge in [0.25, 0.3) is 0 Å². The second kappa shape index (κ2) is 5.57. The van der Waals surface area contributed by atoms with Crippen molar-refractivity contribution in [2.45, 2.75) is 26.2 Å². The normalized spacial score (nSPS) is 15.2. The highest BCUT2D eigenvalue weighted by Gasteiger charge is 2.17. The molecule has 1 N–H and O–H groups in total. The lowest BCUT2D eigenvalue weighted by Crippen LogP contribution is -2.18. The second-order valence-corrected chi connectivity index (χ2v) is 5.74. The van der Waals surface area contributed by atoms with Crippen molar-refractivity contribution in [3.63, 3.8) is 0 Å². The van der Waals surface area contributed by atoms with E-state index in [4.69, 9.17) is 16.3 Å². The van der Waals surface area contributed by atoms with Crippen LogP contribution >= 0.6 is 11.6 Å². The van der Waals surface area contributed by atoms with Crippen molar-refractivity contribution in [2.75, 3.05) is 7.05 Å². The zero-order valence-electron chi connectivity index (χ0n) is 11.7. The number of rotatable bonds is 3. The molecule has 1 heterocycles. The molecule has 1 aliphatic heterocycles. The van der Waals surface area contributed by atoms with Gasteiger partial charge in [-0.2, -0.15) is 0 Å². The van der Waals surface area contributed by atoms with Crippen molar-refractivity contribution in [3.05, 3.63) is 69.2 Å². The third-order valence-electron chi connectivity index (χ3n) is 3.77. The summed E-state index contributed by atoms with van der Waals surface area (Å²) in [6.45, 7) is 3.52. The summed E-state index contributed by atoms with van der Waals surface area (Å²) in [4.78, 5) is 0. The summed E-state index contributed by atoms with van der Waals surface area (Å²) in [5.74, 6) is 0. The van der Waals surface area contributed by atoms with Gasteiger partial charge in [-0.25, -0.2) is 0 Å². The summed E-state index contributed by atoms with van der Waals surface area (Å²) in [7, 11) is 1.98. The zero-order chi connectivity index (χ0) is 14.1. The number of hydrogen-bond acceptors (Lipinski definition) is 2. The maximum Gasteiger partial charge on any atom is 0.0725 e. The fourth-order valence-corrected chi connectivity index (χ4v) is 3.13. The van der Waals surface area contributed by atoms with Gasteiger partial charge in [-0.05, 0) is 53.9 Å². The van der Waals surface area contributed by atoms with E-state index in [0.29, 0.717) is 6.61 Å². The van der Waals surface area contributed by atoms with E-state index >= 15 is 0 Å². The van der Waals surface area contributed by atoms with Crippen LogP contribution in [0.2, 0.25) is 5.02 Å². The Morgan fingerprint density at radius 1 is 1.05 bits per heavy atom. The highest BCUT2D eigenvalue weighted by molar-refractivity contribution is 6.30. The van der Waals surface area contributed by atoms with Crippen LogP contribution in [-0.4, -0.2) is 7.05 Å². The fraction of sp³-hybridized carbons (Fsp3) is 0.294. The average Bonchev–Trinajstić information content (AvgIpc) is 2.86. The minimum Gasteiger partial charge on any atom is -0.372 e. The van der Waals surface area contributed by atoms with Crippen molar-refractivity contribution >= 4 is 11.6 Å². The van der Waals surface area contributed by atoms with Gasteiger partial charge in [-0.15, -0.1) is 0 Å². The van der Waals surface area contributed by atoms with E-state index in [1.807, 2.05) is 19.2 Å². The predicted octanol–water partition coefficient (Wildman–Crippen LogP) is 3.99. The molecule has 0 saturated heterocycles. The largest absolute Gasteiger partial charge is 0.372 e. The molecule has 0 radical (unpaired) electrons. The zero-order valence-corrected chi connectivity index (χ0v) is 12.5. The van der Waals surface area contributed by atoms with E-state index in [2.05, 4.69) is 36.5 Å². The minimum absolute atomic E-state index is 0.151. The second-order valence-electron chi connectivity index (χ2n) is 5.30. The van der Waals surface area contributed by atoms with Gasteiger partial charge in [-0.1, -0.05) is 35.9 Å². The van der Waals surface area contributed by atoms with Crippen LogP contribution in [0.15, 0.2) is 36.4 Å². The van der Waals surface area contributed by atoms with Gasteiger partial charge in [0.15, 0.2) is 0 Å². The van der Waals surface area contributed by atoms with E-state index in [9.17, 15) is 0 Å². The lowest BCUT2D eigenvalue weighted by molar-refractivity contribution is 0.134. The lowest BCUT2D eigenvalue weighted by Gasteiger charge is -2.19. The smallest absolute Gasteiger partial charge is 0.0725 e. The number of aryl methyl sites for hydroxylation is 1. The van der Waals surface area contributed by atoms with Crippen molar-refractivity contribution in [1.82, 2.24) is 5.32 Å². The molecule has 1 aliphatic rings. The first-order valence-electron chi connectivity index (χ1n) is 6.81. The Morgan fingerprint density at radius 2 is 1.85 bits per heavy atom. The topological polar surface area (TPSA) is 21.3 Å². The van der Waals surface area contributed by atoms with Crippen molar-refractivity contribution in [3.8, 4) is 0 Å². The maximum absolute atomic E-state index is 6.18. The predicted molar refractivity (Wildman–Crippen MR) is 82.0 cm³/mol. The molecule has 0 amide bonds. The molecular weight excluding hydrogens is 270 g/mol. The molecule has 2 aromatic carbocycles. The summed E-state index contributed by atoms with van der Waals surface area (Å²) < 4.78 is 5.49. The quantitative estimate of drug-likeness (QED) is 0.922.